The number of nitrogens with zero attached hydrogens (tertiary/aromatic N) is 1. The number of benzene rings is 3. The van der Waals surface area contributed by atoms with Crippen molar-refractivity contribution in [3.8, 4) is 5.75 Å². The molecule has 1 aliphatic rings. The van der Waals surface area contributed by atoms with Gasteiger partial charge < -0.3 is 4.74 Å². The molecule has 0 spiro atoms. The van der Waals surface area contributed by atoms with E-state index in [0.717, 1.165) is 34.4 Å². The highest BCUT2D eigenvalue weighted by atomic mass is 35.5. The first-order chi connectivity index (χ1) is 15.7. The Hall–Kier alpha value is -2.81. The monoisotopic (exact) mass is 505 g/mol. The second-order valence-electron chi connectivity index (χ2n) is 7.05. The van der Waals surface area contributed by atoms with Crippen molar-refractivity contribution in [1.82, 2.24) is 0 Å². The summed E-state index contributed by atoms with van der Waals surface area (Å²) in [4.78, 5) is 14.4. The van der Waals surface area contributed by atoms with Gasteiger partial charge in [0.15, 0.2) is 4.32 Å². The zero-order valence-electron chi connectivity index (χ0n) is 16.8. The van der Waals surface area contributed by atoms with Gasteiger partial charge in [-0.25, -0.2) is 0 Å². The molecule has 33 heavy (non-hydrogen) atoms. The molecule has 0 atom stereocenters. The van der Waals surface area contributed by atoms with Gasteiger partial charge in [0.05, 0.1) is 16.2 Å². The van der Waals surface area contributed by atoms with E-state index in [2.05, 4.69) is 0 Å². The van der Waals surface area contributed by atoms with Crippen LogP contribution in [-0.2, 0) is 17.6 Å². The van der Waals surface area contributed by atoms with Crippen LogP contribution in [-0.4, -0.2) is 10.2 Å². The van der Waals surface area contributed by atoms with Gasteiger partial charge in [0.25, 0.3) is 5.91 Å². The zero-order chi connectivity index (χ0) is 23.6. The van der Waals surface area contributed by atoms with E-state index in [0.29, 0.717) is 27.8 Å². The predicted molar refractivity (Wildman–Crippen MR) is 129 cm³/mol. The maximum atomic E-state index is 13.1. The third-order valence-corrected chi connectivity index (χ3v) is 6.25. The average Bonchev–Trinajstić information content (AvgIpc) is 3.06. The van der Waals surface area contributed by atoms with E-state index in [1.807, 2.05) is 12.1 Å². The fourth-order valence-corrected chi connectivity index (χ4v) is 4.53. The molecular formula is C24H15ClF3NO2S2. The Morgan fingerprint density at radius 2 is 1.76 bits per heavy atom. The van der Waals surface area contributed by atoms with Crippen LogP contribution in [0.5, 0.6) is 5.75 Å². The maximum Gasteiger partial charge on any atom is 0.416 e. The minimum absolute atomic E-state index is 0.0794. The molecule has 0 unspecified atom stereocenters. The van der Waals surface area contributed by atoms with Gasteiger partial charge in [0.1, 0.15) is 12.4 Å². The van der Waals surface area contributed by atoms with Crippen LogP contribution in [0.15, 0.2) is 77.7 Å². The number of hydrogen-bond acceptors (Lipinski definition) is 4. The lowest BCUT2D eigenvalue weighted by molar-refractivity contribution is -0.137. The fourth-order valence-electron chi connectivity index (χ4n) is 3.10. The lowest BCUT2D eigenvalue weighted by Gasteiger charge is -2.16. The number of thioether (sulfide) groups is 1. The number of alkyl halides is 3. The topological polar surface area (TPSA) is 29.5 Å². The number of halogens is 4. The average molecular weight is 506 g/mol. The van der Waals surface area contributed by atoms with Crippen molar-refractivity contribution in [2.75, 3.05) is 4.90 Å². The molecule has 4 rings (SSSR count). The van der Waals surface area contributed by atoms with Crippen molar-refractivity contribution in [2.24, 2.45) is 0 Å². The summed E-state index contributed by atoms with van der Waals surface area (Å²) < 4.78 is 45.2. The van der Waals surface area contributed by atoms with Crippen molar-refractivity contribution in [1.29, 1.82) is 0 Å². The first kappa shape index (κ1) is 23.4. The Morgan fingerprint density at radius 3 is 2.48 bits per heavy atom. The molecule has 3 nitrogen and oxygen atoms in total. The molecule has 0 N–H and O–H groups in total. The minimum atomic E-state index is -4.52. The van der Waals surface area contributed by atoms with Crippen molar-refractivity contribution in [2.45, 2.75) is 12.8 Å². The van der Waals surface area contributed by atoms with Crippen LogP contribution in [0.4, 0.5) is 18.9 Å². The van der Waals surface area contributed by atoms with E-state index in [4.69, 9.17) is 28.6 Å². The van der Waals surface area contributed by atoms with Crippen LogP contribution >= 0.6 is 35.6 Å². The Kier molecular flexibility index (Phi) is 6.78. The van der Waals surface area contributed by atoms with Gasteiger partial charge >= 0.3 is 6.18 Å². The quantitative estimate of drug-likeness (QED) is 0.268. The van der Waals surface area contributed by atoms with Crippen molar-refractivity contribution in [3.63, 3.8) is 0 Å². The van der Waals surface area contributed by atoms with Crippen LogP contribution in [0.1, 0.15) is 16.7 Å². The van der Waals surface area contributed by atoms with E-state index in [-0.39, 0.29) is 10.0 Å². The first-order valence-electron chi connectivity index (χ1n) is 9.63. The number of anilines is 1. The number of rotatable bonds is 5. The largest absolute Gasteiger partial charge is 0.489 e. The highest BCUT2D eigenvalue weighted by Crippen LogP contribution is 2.38. The molecule has 0 radical (unpaired) electrons. The lowest BCUT2D eigenvalue weighted by atomic mass is 10.1. The number of ether oxygens (including phenoxy) is 1. The van der Waals surface area contributed by atoms with E-state index >= 15 is 0 Å². The summed E-state index contributed by atoms with van der Waals surface area (Å²) in [5.41, 5.74) is 0.888. The number of amides is 1. The third-order valence-electron chi connectivity index (χ3n) is 4.70. The molecule has 1 saturated heterocycles. The molecule has 1 fully saturated rings. The van der Waals surface area contributed by atoms with Crippen LogP contribution in [0.3, 0.4) is 0 Å². The summed E-state index contributed by atoms with van der Waals surface area (Å²) in [6.07, 6.45) is -2.87. The van der Waals surface area contributed by atoms with Gasteiger partial charge in [-0.2, -0.15) is 13.2 Å². The van der Waals surface area contributed by atoms with E-state index in [9.17, 15) is 18.0 Å². The third kappa shape index (κ3) is 5.58. The van der Waals surface area contributed by atoms with Gasteiger partial charge in [-0.3, -0.25) is 9.69 Å². The summed E-state index contributed by atoms with van der Waals surface area (Å²) in [5, 5.41) is 0.642. The van der Waals surface area contributed by atoms with E-state index < -0.39 is 17.6 Å². The number of hydrogen-bond donors (Lipinski definition) is 0. The summed E-state index contributed by atoms with van der Waals surface area (Å²) in [5.74, 6) is 0.129. The summed E-state index contributed by atoms with van der Waals surface area (Å²) in [6, 6.07) is 19.0. The normalized spacial score (nSPS) is 15.4. The zero-order valence-corrected chi connectivity index (χ0v) is 19.2. The lowest BCUT2D eigenvalue weighted by Crippen LogP contribution is -2.27. The van der Waals surface area contributed by atoms with Crippen molar-refractivity contribution in [3.05, 3.63) is 99.4 Å². The highest BCUT2D eigenvalue weighted by molar-refractivity contribution is 8.27. The number of thiocarbonyl (C=S) groups is 1. The smallest absolute Gasteiger partial charge is 0.416 e. The predicted octanol–water partition coefficient (Wildman–Crippen LogP) is 7.34. The van der Waals surface area contributed by atoms with Crippen LogP contribution in [0.2, 0.25) is 5.02 Å². The molecule has 0 bridgehead atoms. The molecule has 1 aliphatic heterocycles. The maximum absolute atomic E-state index is 13.1. The van der Waals surface area contributed by atoms with E-state index in [1.165, 1.54) is 12.1 Å². The molecule has 9 heteroatoms. The van der Waals surface area contributed by atoms with Gasteiger partial charge in [0.2, 0.25) is 0 Å². The summed E-state index contributed by atoms with van der Waals surface area (Å²) >= 11 is 12.2. The standard InChI is InChI=1S/C24H15ClF3NO2S2/c25-18-9-7-15(8-10-18)14-31-20-6-1-3-16(11-20)12-21-22(30)29(23(32)33-21)19-5-2-4-17(13-19)24(26,27)28/h1-13H,14H2/b21-12+. The molecule has 3 aromatic rings. The van der Waals surface area contributed by atoms with Crippen LogP contribution in [0, 0.1) is 0 Å². The fraction of sp³-hybridized carbons (Fsp3) is 0.0833. The van der Waals surface area contributed by atoms with Crippen molar-refractivity contribution < 1.29 is 22.7 Å². The van der Waals surface area contributed by atoms with Gasteiger partial charge in [-0.15, -0.1) is 0 Å². The molecule has 1 heterocycles. The Bertz CT molecular complexity index is 1240. The highest BCUT2D eigenvalue weighted by Gasteiger charge is 2.36. The molecule has 1 amide bonds. The SMILES string of the molecule is O=C1/C(=C\c2cccc(OCc3ccc(Cl)cc3)c2)SC(=S)N1c1cccc(C(F)(F)F)c1. The second-order valence-corrected chi connectivity index (χ2v) is 9.17. The number of carbonyl (C=O) groups is 1. The second kappa shape index (κ2) is 9.59. The molecule has 0 aromatic heterocycles. The minimum Gasteiger partial charge on any atom is -0.489 e. The summed E-state index contributed by atoms with van der Waals surface area (Å²) in [6.45, 7) is 0.346. The Labute approximate surface area is 202 Å². The molecule has 0 aliphatic carbocycles. The first-order valence-corrected chi connectivity index (χ1v) is 11.2. The molecule has 168 valence electrons. The van der Waals surface area contributed by atoms with Gasteiger partial charge in [-0.1, -0.05) is 65.9 Å². The van der Waals surface area contributed by atoms with Gasteiger partial charge in [0, 0.05) is 5.02 Å². The molecular weight excluding hydrogens is 491 g/mol. The molecule has 3 aromatic carbocycles. The summed E-state index contributed by atoms with van der Waals surface area (Å²) in [7, 11) is 0. The number of carbonyl (C=O) groups excluding carboxylic acids is 1. The van der Waals surface area contributed by atoms with Gasteiger partial charge in [-0.05, 0) is 59.7 Å². The Balaban J connectivity index is 1.52. The Morgan fingerprint density at radius 1 is 1.03 bits per heavy atom. The molecule has 0 saturated carbocycles. The van der Waals surface area contributed by atoms with E-state index in [1.54, 1.807) is 42.5 Å². The van der Waals surface area contributed by atoms with Crippen LogP contribution in [0.25, 0.3) is 6.08 Å². The van der Waals surface area contributed by atoms with Crippen molar-refractivity contribution >= 4 is 57.6 Å². The van der Waals surface area contributed by atoms with Crippen LogP contribution < -0.4 is 9.64 Å².